The normalized spacial score (nSPS) is 21.2. The Hall–Kier alpha value is -2.81. The summed E-state index contributed by atoms with van der Waals surface area (Å²) in [6, 6.07) is 13.7. The van der Waals surface area contributed by atoms with Gasteiger partial charge in [0.05, 0.1) is 18.2 Å². The highest BCUT2D eigenvalue weighted by Gasteiger charge is 2.67. The van der Waals surface area contributed by atoms with Crippen LogP contribution in [-0.4, -0.2) is 85.4 Å². The van der Waals surface area contributed by atoms with Crippen LogP contribution in [0.25, 0.3) is 11.1 Å². The topological polar surface area (TPSA) is 79.3 Å². The van der Waals surface area contributed by atoms with Crippen LogP contribution < -0.4 is 0 Å². The Labute approximate surface area is 186 Å². The average molecular weight is 442 g/mol. The SMILES string of the molecule is COCC(=O)N1CC2(C1)[C@@H](c1ccc(-c3cccc(F)c3)cc1)[C@@H](CO)N2C(=O)COC. The monoisotopic (exact) mass is 442 g/mol. The van der Waals surface area contributed by atoms with Crippen molar-refractivity contribution in [3.05, 3.63) is 59.9 Å². The summed E-state index contributed by atoms with van der Waals surface area (Å²) in [5.74, 6) is -0.781. The Morgan fingerprint density at radius 1 is 1.03 bits per heavy atom. The molecule has 7 nitrogen and oxygen atoms in total. The van der Waals surface area contributed by atoms with E-state index in [9.17, 15) is 19.1 Å². The number of nitrogens with zero attached hydrogens (tertiary/aromatic N) is 2. The van der Waals surface area contributed by atoms with E-state index in [1.54, 1.807) is 15.9 Å². The number of hydrogen-bond donors (Lipinski definition) is 1. The number of benzene rings is 2. The molecule has 0 unspecified atom stereocenters. The molecule has 8 heteroatoms. The summed E-state index contributed by atoms with van der Waals surface area (Å²) in [7, 11) is 2.92. The van der Waals surface area contributed by atoms with Gasteiger partial charge in [0.2, 0.25) is 11.8 Å². The molecular formula is C24H27FN2O5. The van der Waals surface area contributed by atoms with E-state index in [-0.39, 0.29) is 43.4 Å². The molecule has 4 rings (SSSR count). The lowest BCUT2D eigenvalue weighted by molar-refractivity contribution is -0.206. The number of hydrogen-bond acceptors (Lipinski definition) is 5. The van der Waals surface area contributed by atoms with E-state index in [0.717, 1.165) is 16.7 Å². The third kappa shape index (κ3) is 3.68. The Bertz CT molecular complexity index is 990. The molecule has 1 spiro atoms. The summed E-state index contributed by atoms with van der Waals surface area (Å²) in [6.45, 7) is 0.447. The van der Waals surface area contributed by atoms with Crippen LogP contribution in [0.2, 0.25) is 0 Å². The molecule has 170 valence electrons. The zero-order valence-electron chi connectivity index (χ0n) is 18.2. The maximum atomic E-state index is 13.6. The summed E-state index contributed by atoms with van der Waals surface area (Å²) in [5.41, 5.74) is 2.02. The number of halogens is 1. The van der Waals surface area contributed by atoms with Crippen LogP contribution in [-0.2, 0) is 19.1 Å². The Balaban J connectivity index is 1.62. The molecule has 2 aliphatic heterocycles. The van der Waals surface area contributed by atoms with Gasteiger partial charge in [-0.2, -0.15) is 0 Å². The van der Waals surface area contributed by atoms with Gasteiger partial charge in [-0.25, -0.2) is 4.39 Å². The first-order valence-corrected chi connectivity index (χ1v) is 10.5. The van der Waals surface area contributed by atoms with Gasteiger partial charge in [-0.15, -0.1) is 0 Å². The highest BCUT2D eigenvalue weighted by molar-refractivity contribution is 5.84. The molecule has 2 aromatic carbocycles. The fraction of sp³-hybridized carbons (Fsp3) is 0.417. The lowest BCUT2D eigenvalue weighted by Crippen LogP contribution is -2.86. The first-order chi connectivity index (χ1) is 15.4. The highest BCUT2D eigenvalue weighted by Crippen LogP contribution is 2.54. The predicted molar refractivity (Wildman–Crippen MR) is 115 cm³/mol. The lowest BCUT2D eigenvalue weighted by Gasteiger charge is -2.70. The third-order valence-corrected chi connectivity index (χ3v) is 6.48. The van der Waals surface area contributed by atoms with Crippen molar-refractivity contribution in [2.45, 2.75) is 17.5 Å². The van der Waals surface area contributed by atoms with Crippen molar-refractivity contribution in [3.8, 4) is 11.1 Å². The number of ether oxygens (including phenoxy) is 2. The molecule has 0 saturated carbocycles. The Kier molecular flexibility index (Phi) is 6.28. The number of methoxy groups -OCH3 is 2. The molecular weight excluding hydrogens is 415 g/mol. The standard InChI is InChI=1S/C24H27FN2O5/c1-31-12-21(29)26-14-24(15-26)23(20(11-28)27(24)22(30)13-32-2)17-8-6-16(7-9-17)18-4-3-5-19(25)10-18/h3-10,20,23,28H,11-15H2,1-2H3/t20-,23+/m1/s1. The van der Waals surface area contributed by atoms with E-state index in [1.165, 1.54) is 26.4 Å². The molecule has 2 amide bonds. The third-order valence-electron chi connectivity index (χ3n) is 6.48. The smallest absolute Gasteiger partial charge is 0.249 e. The summed E-state index contributed by atoms with van der Waals surface area (Å²) in [6.07, 6.45) is 0. The average Bonchev–Trinajstić information content (AvgIpc) is 2.73. The van der Waals surface area contributed by atoms with Crippen LogP contribution in [0.5, 0.6) is 0 Å². The fourth-order valence-corrected chi connectivity index (χ4v) is 5.16. The van der Waals surface area contributed by atoms with Crippen LogP contribution in [0.4, 0.5) is 4.39 Å². The summed E-state index contributed by atoms with van der Waals surface area (Å²) >= 11 is 0. The van der Waals surface area contributed by atoms with Crippen molar-refractivity contribution in [2.24, 2.45) is 0 Å². The number of carbonyl (C=O) groups is 2. The molecule has 2 aromatic rings. The predicted octanol–water partition coefficient (Wildman–Crippen LogP) is 1.65. The van der Waals surface area contributed by atoms with E-state index in [0.29, 0.717) is 13.1 Å². The molecule has 0 aromatic heterocycles. The maximum Gasteiger partial charge on any atom is 0.249 e. The van der Waals surface area contributed by atoms with Crippen molar-refractivity contribution >= 4 is 11.8 Å². The van der Waals surface area contributed by atoms with E-state index < -0.39 is 11.6 Å². The first kappa shape index (κ1) is 22.4. The van der Waals surface area contributed by atoms with Crippen LogP contribution in [0, 0.1) is 5.82 Å². The number of amides is 2. The number of aliphatic hydroxyl groups excluding tert-OH is 1. The van der Waals surface area contributed by atoms with Crippen LogP contribution >= 0.6 is 0 Å². The van der Waals surface area contributed by atoms with Crippen LogP contribution in [0.1, 0.15) is 11.5 Å². The highest BCUT2D eigenvalue weighted by atomic mass is 19.1. The van der Waals surface area contributed by atoms with Gasteiger partial charge in [-0.1, -0.05) is 36.4 Å². The van der Waals surface area contributed by atoms with E-state index in [2.05, 4.69) is 0 Å². The number of aliphatic hydroxyl groups is 1. The summed E-state index contributed by atoms with van der Waals surface area (Å²) in [5, 5.41) is 10.1. The van der Waals surface area contributed by atoms with E-state index in [4.69, 9.17) is 9.47 Å². The molecule has 2 atom stereocenters. The van der Waals surface area contributed by atoms with Gasteiger partial charge in [0, 0.05) is 33.2 Å². The minimum Gasteiger partial charge on any atom is -0.394 e. The second-order valence-electron chi connectivity index (χ2n) is 8.34. The molecule has 1 N–H and O–H groups in total. The fourth-order valence-electron chi connectivity index (χ4n) is 5.16. The Morgan fingerprint density at radius 3 is 2.28 bits per heavy atom. The van der Waals surface area contributed by atoms with Gasteiger partial charge in [0.15, 0.2) is 0 Å². The quantitative estimate of drug-likeness (QED) is 0.706. The van der Waals surface area contributed by atoms with Gasteiger partial charge >= 0.3 is 0 Å². The Morgan fingerprint density at radius 2 is 1.69 bits per heavy atom. The van der Waals surface area contributed by atoms with Gasteiger partial charge < -0.3 is 24.4 Å². The lowest BCUT2D eigenvalue weighted by atomic mass is 9.60. The minimum absolute atomic E-state index is 0.0154. The van der Waals surface area contributed by atoms with Gasteiger partial charge in [-0.3, -0.25) is 9.59 Å². The number of likely N-dealkylation sites (tertiary alicyclic amines) is 2. The van der Waals surface area contributed by atoms with Crippen LogP contribution in [0.15, 0.2) is 48.5 Å². The molecule has 0 radical (unpaired) electrons. The molecule has 2 heterocycles. The zero-order chi connectivity index (χ0) is 22.9. The molecule has 32 heavy (non-hydrogen) atoms. The molecule has 2 saturated heterocycles. The summed E-state index contributed by atoms with van der Waals surface area (Å²) in [4.78, 5) is 28.4. The maximum absolute atomic E-state index is 13.6. The van der Waals surface area contributed by atoms with E-state index >= 15 is 0 Å². The van der Waals surface area contributed by atoms with Crippen molar-refractivity contribution in [3.63, 3.8) is 0 Å². The van der Waals surface area contributed by atoms with E-state index in [1.807, 2.05) is 30.3 Å². The van der Waals surface area contributed by atoms with Gasteiger partial charge in [-0.05, 0) is 28.8 Å². The minimum atomic E-state index is -0.590. The van der Waals surface area contributed by atoms with Crippen molar-refractivity contribution in [1.82, 2.24) is 9.80 Å². The van der Waals surface area contributed by atoms with Crippen LogP contribution in [0.3, 0.4) is 0 Å². The second kappa shape index (κ2) is 8.97. The molecule has 2 aliphatic rings. The van der Waals surface area contributed by atoms with Crippen molar-refractivity contribution < 1.29 is 28.6 Å². The molecule has 0 aliphatic carbocycles. The van der Waals surface area contributed by atoms with Gasteiger partial charge in [0.1, 0.15) is 19.0 Å². The second-order valence-corrected chi connectivity index (χ2v) is 8.34. The molecule has 2 fully saturated rings. The van der Waals surface area contributed by atoms with Crippen molar-refractivity contribution in [1.29, 1.82) is 0 Å². The van der Waals surface area contributed by atoms with Gasteiger partial charge in [0.25, 0.3) is 0 Å². The van der Waals surface area contributed by atoms with Crippen molar-refractivity contribution in [2.75, 3.05) is 47.1 Å². The number of carbonyl (C=O) groups excluding carboxylic acids is 2. The zero-order valence-corrected chi connectivity index (χ0v) is 18.2. The first-order valence-electron chi connectivity index (χ1n) is 10.5. The number of rotatable bonds is 7. The summed E-state index contributed by atoms with van der Waals surface area (Å²) < 4.78 is 23.6. The largest absolute Gasteiger partial charge is 0.394 e. The molecule has 0 bridgehead atoms.